The van der Waals surface area contributed by atoms with E-state index in [-0.39, 0.29) is 0 Å². The molecule has 1 saturated heterocycles. The summed E-state index contributed by atoms with van der Waals surface area (Å²) in [6.07, 6.45) is 4.55. The van der Waals surface area contributed by atoms with Crippen LogP contribution in [0.3, 0.4) is 0 Å². The second-order valence-electron chi connectivity index (χ2n) is 5.68. The minimum atomic E-state index is 0.779. The van der Waals surface area contributed by atoms with Crippen LogP contribution in [0.15, 0.2) is 29.3 Å². The van der Waals surface area contributed by atoms with E-state index in [0.29, 0.717) is 0 Å². The van der Waals surface area contributed by atoms with Crippen LogP contribution in [0.4, 0.5) is 0 Å². The maximum atomic E-state index is 5.69. The van der Waals surface area contributed by atoms with Gasteiger partial charge in [0, 0.05) is 26.2 Å². The molecule has 0 aliphatic carbocycles. The SMILES string of the molecule is CCCOc1cccc(CCN=C(NCC)N2CCCC2)c1. The molecular formula is C18H29N3O. The number of aliphatic imine (C=N–C) groups is 1. The zero-order valence-electron chi connectivity index (χ0n) is 14.0. The molecule has 1 aromatic carbocycles. The number of rotatable bonds is 7. The first-order chi connectivity index (χ1) is 10.8. The topological polar surface area (TPSA) is 36.9 Å². The number of nitrogens with one attached hydrogen (secondary N) is 1. The van der Waals surface area contributed by atoms with Crippen molar-refractivity contribution < 1.29 is 4.74 Å². The first-order valence-corrected chi connectivity index (χ1v) is 8.58. The van der Waals surface area contributed by atoms with Crippen molar-refractivity contribution in [3.8, 4) is 5.75 Å². The van der Waals surface area contributed by atoms with Gasteiger partial charge in [0.05, 0.1) is 6.61 Å². The van der Waals surface area contributed by atoms with Gasteiger partial charge in [0.2, 0.25) is 0 Å². The van der Waals surface area contributed by atoms with Crippen LogP contribution in [0.5, 0.6) is 5.75 Å². The van der Waals surface area contributed by atoms with Gasteiger partial charge in [-0.25, -0.2) is 0 Å². The molecule has 0 atom stereocenters. The Hall–Kier alpha value is -1.71. The summed E-state index contributed by atoms with van der Waals surface area (Å²) in [5.41, 5.74) is 1.29. The van der Waals surface area contributed by atoms with Crippen molar-refractivity contribution in [1.29, 1.82) is 0 Å². The predicted octanol–water partition coefficient (Wildman–Crippen LogP) is 3.08. The highest BCUT2D eigenvalue weighted by molar-refractivity contribution is 5.80. The second kappa shape index (κ2) is 9.34. The zero-order valence-corrected chi connectivity index (χ0v) is 14.0. The van der Waals surface area contributed by atoms with E-state index in [1.807, 2.05) is 6.07 Å². The van der Waals surface area contributed by atoms with Crippen molar-refractivity contribution in [2.75, 3.05) is 32.8 Å². The molecule has 0 radical (unpaired) electrons. The van der Waals surface area contributed by atoms with Crippen molar-refractivity contribution in [2.24, 2.45) is 4.99 Å². The molecule has 122 valence electrons. The average Bonchev–Trinajstić information content (AvgIpc) is 3.07. The third-order valence-electron chi connectivity index (χ3n) is 3.77. The summed E-state index contributed by atoms with van der Waals surface area (Å²) >= 11 is 0. The quantitative estimate of drug-likeness (QED) is 0.621. The Kier molecular flexibility index (Phi) is 7.07. The molecule has 1 heterocycles. The Morgan fingerprint density at radius 2 is 2.09 bits per heavy atom. The van der Waals surface area contributed by atoms with E-state index in [4.69, 9.17) is 9.73 Å². The van der Waals surface area contributed by atoms with Crippen molar-refractivity contribution >= 4 is 5.96 Å². The van der Waals surface area contributed by atoms with E-state index in [1.165, 1.54) is 18.4 Å². The molecule has 0 spiro atoms. The molecule has 2 rings (SSSR count). The van der Waals surface area contributed by atoms with Crippen molar-refractivity contribution in [2.45, 2.75) is 39.5 Å². The lowest BCUT2D eigenvalue weighted by atomic mass is 10.1. The van der Waals surface area contributed by atoms with Crippen molar-refractivity contribution in [3.05, 3.63) is 29.8 Å². The molecule has 0 amide bonds. The van der Waals surface area contributed by atoms with Gasteiger partial charge in [-0.2, -0.15) is 0 Å². The molecule has 22 heavy (non-hydrogen) atoms. The monoisotopic (exact) mass is 303 g/mol. The van der Waals surface area contributed by atoms with Crippen LogP contribution in [-0.4, -0.2) is 43.6 Å². The minimum Gasteiger partial charge on any atom is -0.494 e. The highest BCUT2D eigenvalue weighted by Gasteiger charge is 2.15. The molecule has 0 unspecified atom stereocenters. The first kappa shape index (κ1) is 16.7. The summed E-state index contributed by atoms with van der Waals surface area (Å²) in [6.45, 7) is 9.03. The number of hydrogen-bond acceptors (Lipinski definition) is 2. The molecule has 1 aromatic rings. The number of benzene rings is 1. The normalized spacial score (nSPS) is 15.2. The molecule has 0 aromatic heterocycles. The van der Waals surface area contributed by atoms with Gasteiger partial charge in [-0.05, 0) is 50.3 Å². The fourth-order valence-corrected chi connectivity index (χ4v) is 2.66. The van der Waals surface area contributed by atoms with E-state index in [1.54, 1.807) is 0 Å². The third-order valence-corrected chi connectivity index (χ3v) is 3.77. The van der Waals surface area contributed by atoms with Gasteiger partial charge in [-0.1, -0.05) is 19.1 Å². The summed E-state index contributed by atoms with van der Waals surface area (Å²) in [5, 5.41) is 3.40. The first-order valence-electron chi connectivity index (χ1n) is 8.58. The van der Waals surface area contributed by atoms with Gasteiger partial charge >= 0.3 is 0 Å². The van der Waals surface area contributed by atoms with Gasteiger partial charge < -0.3 is 15.0 Å². The van der Waals surface area contributed by atoms with E-state index >= 15 is 0 Å². The van der Waals surface area contributed by atoms with Crippen LogP contribution in [0, 0.1) is 0 Å². The summed E-state index contributed by atoms with van der Waals surface area (Å²) in [6, 6.07) is 8.37. The number of guanidine groups is 1. The van der Waals surface area contributed by atoms with Gasteiger partial charge in [0.25, 0.3) is 0 Å². The number of nitrogens with zero attached hydrogens (tertiary/aromatic N) is 2. The Bertz CT molecular complexity index is 467. The maximum absolute atomic E-state index is 5.69. The third kappa shape index (κ3) is 5.24. The molecule has 4 heteroatoms. The van der Waals surface area contributed by atoms with E-state index in [2.05, 4.69) is 42.3 Å². The van der Waals surface area contributed by atoms with Crippen LogP contribution in [0.1, 0.15) is 38.7 Å². The van der Waals surface area contributed by atoms with Crippen molar-refractivity contribution in [3.63, 3.8) is 0 Å². The van der Waals surface area contributed by atoms with Gasteiger partial charge in [0.15, 0.2) is 5.96 Å². The van der Waals surface area contributed by atoms with E-state index in [9.17, 15) is 0 Å². The molecule has 1 fully saturated rings. The molecular weight excluding hydrogens is 274 g/mol. The van der Waals surface area contributed by atoms with E-state index in [0.717, 1.165) is 57.3 Å². The Morgan fingerprint density at radius 3 is 2.82 bits per heavy atom. The maximum Gasteiger partial charge on any atom is 0.193 e. The highest BCUT2D eigenvalue weighted by atomic mass is 16.5. The molecule has 0 bridgehead atoms. The number of likely N-dealkylation sites (tertiary alicyclic amines) is 1. The minimum absolute atomic E-state index is 0.779. The van der Waals surface area contributed by atoms with Crippen LogP contribution >= 0.6 is 0 Å². The van der Waals surface area contributed by atoms with Crippen LogP contribution in [-0.2, 0) is 6.42 Å². The molecule has 1 aliphatic heterocycles. The second-order valence-corrected chi connectivity index (χ2v) is 5.68. The lowest BCUT2D eigenvalue weighted by Gasteiger charge is -2.20. The van der Waals surface area contributed by atoms with Gasteiger partial charge in [0.1, 0.15) is 5.75 Å². The molecule has 1 aliphatic rings. The lowest BCUT2D eigenvalue weighted by Crippen LogP contribution is -2.39. The standard InChI is InChI=1S/C18H29N3O/c1-3-14-22-17-9-7-8-16(15-17)10-11-20-18(19-4-2)21-12-5-6-13-21/h7-9,15H,3-6,10-14H2,1-2H3,(H,19,20). The summed E-state index contributed by atoms with van der Waals surface area (Å²) in [4.78, 5) is 7.14. The largest absolute Gasteiger partial charge is 0.494 e. The van der Waals surface area contributed by atoms with Gasteiger partial charge in [-0.3, -0.25) is 4.99 Å². The average molecular weight is 303 g/mol. The molecule has 0 saturated carbocycles. The zero-order chi connectivity index (χ0) is 15.6. The smallest absolute Gasteiger partial charge is 0.193 e. The van der Waals surface area contributed by atoms with Crippen LogP contribution in [0.2, 0.25) is 0 Å². The number of hydrogen-bond donors (Lipinski definition) is 1. The van der Waals surface area contributed by atoms with Crippen LogP contribution in [0.25, 0.3) is 0 Å². The highest BCUT2D eigenvalue weighted by Crippen LogP contribution is 2.14. The number of ether oxygens (including phenoxy) is 1. The van der Waals surface area contributed by atoms with E-state index < -0.39 is 0 Å². The Morgan fingerprint density at radius 1 is 1.27 bits per heavy atom. The van der Waals surface area contributed by atoms with Crippen LogP contribution < -0.4 is 10.1 Å². The van der Waals surface area contributed by atoms with Crippen molar-refractivity contribution in [1.82, 2.24) is 10.2 Å². The summed E-state index contributed by atoms with van der Waals surface area (Å²) in [7, 11) is 0. The fraction of sp³-hybridized carbons (Fsp3) is 0.611. The Balaban J connectivity index is 1.88. The predicted molar refractivity (Wildman–Crippen MR) is 92.7 cm³/mol. The lowest BCUT2D eigenvalue weighted by molar-refractivity contribution is 0.317. The van der Waals surface area contributed by atoms with Gasteiger partial charge in [-0.15, -0.1) is 0 Å². The summed E-state index contributed by atoms with van der Waals surface area (Å²) in [5.74, 6) is 2.04. The summed E-state index contributed by atoms with van der Waals surface area (Å²) < 4.78 is 5.69. The Labute approximate surface area is 134 Å². The molecule has 4 nitrogen and oxygen atoms in total. The fourth-order valence-electron chi connectivity index (χ4n) is 2.66. The molecule has 1 N–H and O–H groups in total.